The summed E-state index contributed by atoms with van der Waals surface area (Å²) in [4.78, 5) is 11.1. The van der Waals surface area contributed by atoms with Gasteiger partial charge in [0, 0.05) is 5.41 Å². The molecule has 2 heteroatoms. The van der Waals surface area contributed by atoms with E-state index in [4.69, 9.17) is 5.11 Å². The van der Waals surface area contributed by atoms with E-state index in [-0.39, 0.29) is 5.41 Å². The number of rotatable bonds is 4. The van der Waals surface area contributed by atoms with E-state index in [1.807, 2.05) is 25.2 Å². The molecule has 0 bridgehead atoms. The quantitative estimate of drug-likeness (QED) is 0.717. The Labute approximate surface area is 91.0 Å². The number of carboxylic acids is 1. The highest BCUT2D eigenvalue weighted by Gasteiger charge is 2.34. The van der Waals surface area contributed by atoms with E-state index >= 15 is 0 Å². The maximum atomic E-state index is 11.1. The molecule has 15 heavy (non-hydrogen) atoms. The lowest BCUT2D eigenvalue weighted by atomic mass is 9.74. The Morgan fingerprint density at radius 2 is 2.27 bits per heavy atom. The van der Waals surface area contributed by atoms with E-state index in [0.29, 0.717) is 0 Å². The maximum Gasteiger partial charge on any atom is 0.311 e. The van der Waals surface area contributed by atoms with Crippen LogP contribution in [0.15, 0.2) is 36.5 Å². The lowest BCUT2D eigenvalue weighted by Crippen LogP contribution is -2.30. The molecule has 0 saturated heterocycles. The lowest BCUT2D eigenvalue weighted by molar-refractivity contribution is -0.142. The van der Waals surface area contributed by atoms with Crippen molar-refractivity contribution in [3.05, 3.63) is 36.5 Å². The topological polar surface area (TPSA) is 37.3 Å². The minimum atomic E-state index is -0.765. The summed E-state index contributed by atoms with van der Waals surface area (Å²) in [5, 5.41) is 9.11. The van der Waals surface area contributed by atoms with E-state index in [1.165, 1.54) is 0 Å². The summed E-state index contributed by atoms with van der Waals surface area (Å²) in [5.74, 6) is -1.21. The molecule has 0 spiro atoms. The summed E-state index contributed by atoms with van der Waals surface area (Å²) < 4.78 is 0. The number of carbonyl (C=O) groups is 1. The Balaban J connectivity index is 2.83. The van der Waals surface area contributed by atoms with Gasteiger partial charge in [-0.15, -0.1) is 0 Å². The Kier molecular flexibility index (Phi) is 3.89. The third-order valence-electron chi connectivity index (χ3n) is 2.74. The summed E-state index contributed by atoms with van der Waals surface area (Å²) in [5.41, 5.74) is -0.379. The van der Waals surface area contributed by atoms with Crippen LogP contribution in [-0.4, -0.2) is 11.1 Å². The Bertz CT molecular complexity index is 312. The first-order valence-corrected chi connectivity index (χ1v) is 5.36. The Hall–Kier alpha value is -1.31. The maximum absolute atomic E-state index is 11.1. The Morgan fingerprint density at radius 3 is 2.87 bits per heavy atom. The standard InChI is InChI=1S/C13H18O2/c1-3-4-6-9-13(2)10-7-5-8-11(13)12(14)15/h5-11H,3-4H2,1-2H3,(H,14,15). The summed E-state index contributed by atoms with van der Waals surface area (Å²) >= 11 is 0. The van der Waals surface area contributed by atoms with E-state index in [0.717, 1.165) is 12.8 Å². The van der Waals surface area contributed by atoms with Crippen LogP contribution in [0.25, 0.3) is 0 Å². The molecule has 0 aliphatic heterocycles. The molecule has 2 atom stereocenters. The van der Waals surface area contributed by atoms with Gasteiger partial charge in [-0.25, -0.2) is 0 Å². The molecular formula is C13H18O2. The van der Waals surface area contributed by atoms with Gasteiger partial charge < -0.3 is 5.11 Å². The van der Waals surface area contributed by atoms with Gasteiger partial charge in [0.2, 0.25) is 0 Å². The van der Waals surface area contributed by atoms with Crippen LogP contribution in [-0.2, 0) is 4.79 Å². The predicted molar refractivity (Wildman–Crippen MR) is 61.6 cm³/mol. The fourth-order valence-corrected chi connectivity index (χ4v) is 1.76. The molecule has 1 aliphatic carbocycles. The summed E-state index contributed by atoms with van der Waals surface area (Å²) in [6.07, 6.45) is 13.6. The zero-order chi connectivity index (χ0) is 11.3. The van der Waals surface area contributed by atoms with Crippen LogP contribution >= 0.6 is 0 Å². The fourth-order valence-electron chi connectivity index (χ4n) is 1.76. The van der Waals surface area contributed by atoms with Crippen LogP contribution in [0.5, 0.6) is 0 Å². The molecular weight excluding hydrogens is 188 g/mol. The third kappa shape index (κ3) is 2.82. The van der Waals surface area contributed by atoms with Crippen molar-refractivity contribution in [3.8, 4) is 0 Å². The molecule has 2 unspecified atom stereocenters. The first kappa shape index (κ1) is 11.8. The van der Waals surface area contributed by atoms with Crippen molar-refractivity contribution < 1.29 is 9.90 Å². The van der Waals surface area contributed by atoms with Crippen LogP contribution < -0.4 is 0 Å². The highest BCUT2D eigenvalue weighted by Crippen LogP contribution is 2.35. The van der Waals surface area contributed by atoms with Crippen LogP contribution in [0.2, 0.25) is 0 Å². The van der Waals surface area contributed by atoms with Crippen LogP contribution in [0.4, 0.5) is 0 Å². The largest absolute Gasteiger partial charge is 0.481 e. The molecule has 1 aliphatic rings. The first-order chi connectivity index (χ1) is 7.10. The fraction of sp³-hybridized carbons (Fsp3) is 0.462. The van der Waals surface area contributed by atoms with Gasteiger partial charge in [0.15, 0.2) is 0 Å². The van der Waals surface area contributed by atoms with Crippen LogP contribution in [0, 0.1) is 11.3 Å². The van der Waals surface area contributed by atoms with Gasteiger partial charge in [-0.3, -0.25) is 4.79 Å². The predicted octanol–water partition coefficient (Wildman–Crippen LogP) is 3.18. The van der Waals surface area contributed by atoms with Crippen molar-refractivity contribution >= 4 is 5.97 Å². The number of hydrogen-bond donors (Lipinski definition) is 1. The smallest absolute Gasteiger partial charge is 0.311 e. The minimum Gasteiger partial charge on any atom is -0.481 e. The zero-order valence-corrected chi connectivity index (χ0v) is 9.31. The van der Waals surface area contributed by atoms with Gasteiger partial charge in [-0.1, -0.05) is 56.7 Å². The van der Waals surface area contributed by atoms with Gasteiger partial charge in [-0.05, 0) is 6.42 Å². The van der Waals surface area contributed by atoms with Crippen molar-refractivity contribution in [2.45, 2.75) is 26.7 Å². The zero-order valence-electron chi connectivity index (χ0n) is 9.31. The lowest BCUT2D eigenvalue weighted by Gasteiger charge is -2.29. The van der Waals surface area contributed by atoms with Crippen molar-refractivity contribution in [2.75, 3.05) is 0 Å². The number of aliphatic carboxylic acids is 1. The molecule has 1 N–H and O–H groups in total. The van der Waals surface area contributed by atoms with E-state index in [9.17, 15) is 4.79 Å². The molecule has 0 aromatic carbocycles. The van der Waals surface area contributed by atoms with Gasteiger partial charge in [0.25, 0.3) is 0 Å². The second kappa shape index (κ2) is 4.96. The molecule has 0 aromatic heterocycles. The molecule has 82 valence electrons. The number of allylic oxidation sites excluding steroid dienone is 5. The number of carboxylic acid groups (broad SMARTS) is 1. The van der Waals surface area contributed by atoms with Crippen molar-refractivity contribution in [2.24, 2.45) is 11.3 Å². The number of unbranched alkanes of at least 4 members (excludes halogenated alkanes) is 1. The van der Waals surface area contributed by atoms with Crippen LogP contribution in [0.3, 0.4) is 0 Å². The second-order valence-electron chi connectivity index (χ2n) is 4.12. The average molecular weight is 206 g/mol. The molecule has 1 rings (SSSR count). The Morgan fingerprint density at radius 1 is 1.53 bits per heavy atom. The molecule has 0 fully saturated rings. The SMILES string of the molecule is CCCC=CC1(C)C=CC=CC1C(=O)O. The average Bonchev–Trinajstić information content (AvgIpc) is 2.18. The minimum absolute atomic E-state index is 0.379. The van der Waals surface area contributed by atoms with Gasteiger partial charge in [-0.2, -0.15) is 0 Å². The highest BCUT2D eigenvalue weighted by molar-refractivity contribution is 5.74. The molecule has 0 saturated carbocycles. The van der Waals surface area contributed by atoms with E-state index in [2.05, 4.69) is 13.0 Å². The normalized spacial score (nSPS) is 29.9. The monoisotopic (exact) mass is 206 g/mol. The van der Waals surface area contributed by atoms with E-state index in [1.54, 1.807) is 12.2 Å². The second-order valence-corrected chi connectivity index (χ2v) is 4.12. The third-order valence-corrected chi connectivity index (χ3v) is 2.74. The molecule has 0 radical (unpaired) electrons. The summed E-state index contributed by atoms with van der Waals surface area (Å²) in [7, 11) is 0. The number of hydrogen-bond acceptors (Lipinski definition) is 1. The summed E-state index contributed by atoms with van der Waals surface area (Å²) in [6, 6.07) is 0. The van der Waals surface area contributed by atoms with E-state index < -0.39 is 11.9 Å². The molecule has 0 amide bonds. The highest BCUT2D eigenvalue weighted by atomic mass is 16.4. The molecule has 0 aromatic rings. The van der Waals surface area contributed by atoms with Crippen molar-refractivity contribution in [1.29, 1.82) is 0 Å². The van der Waals surface area contributed by atoms with Crippen molar-refractivity contribution in [1.82, 2.24) is 0 Å². The van der Waals surface area contributed by atoms with Crippen molar-refractivity contribution in [3.63, 3.8) is 0 Å². The van der Waals surface area contributed by atoms with Crippen LogP contribution in [0.1, 0.15) is 26.7 Å². The van der Waals surface area contributed by atoms with Gasteiger partial charge in [0.05, 0.1) is 5.92 Å². The molecule has 0 heterocycles. The summed E-state index contributed by atoms with van der Waals surface area (Å²) in [6.45, 7) is 4.07. The molecule has 2 nitrogen and oxygen atoms in total. The first-order valence-electron chi connectivity index (χ1n) is 5.36. The van der Waals surface area contributed by atoms with Gasteiger partial charge >= 0.3 is 5.97 Å². The van der Waals surface area contributed by atoms with Gasteiger partial charge in [0.1, 0.15) is 0 Å².